The van der Waals surface area contributed by atoms with Crippen LogP contribution in [0.1, 0.15) is 46.0 Å². The fourth-order valence-electron chi connectivity index (χ4n) is 5.03. The minimum atomic E-state index is -4.52. The second-order valence-electron chi connectivity index (χ2n) is 10.8. The van der Waals surface area contributed by atoms with Gasteiger partial charge in [0.15, 0.2) is 6.23 Å². The highest BCUT2D eigenvalue weighted by Gasteiger charge is 2.34. The van der Waals surface area contributed by atoms with E-state index >= 15 is 0 Å². The number of hydrogen-bond acceptors (Lipinski definition) is 6. The molecule has 2 aromatic carbocycles. The van der Waals surface area contributed by atoms with Gasteiger partial charge in [0.2, 0.25) is 0 Å². The number of aliphatic hydroxyl groups excluding tert-OH is 1. The number of aliphatic hydroxyl groups is 1. The summed E-state index contributed by atoms with van der Waals surface area (Å²) in [5.74, 6) is 6.23. The third-order valence-electron chi connectivity index (χ3n) is 7.53. The highest BCUT2D eigenvalue weighted by Crippen LogP contribution is 2.35. The Labute approximate surface area is 250 Å². The lowest BCUT2D eigenvalue weighted by molar-refractivity contribution is -0.138. The molecule has 3 heterocycles. The zero-order valence-corrected chi connectivity index (χ0v) is 24.2. The molecule has 1 aliphatic heterocycles. The van der Waals surface area contributed by atoms with E-state index in [1.807, 2.05) is 50.4 Å². The molecule has 1 atom stereocenters. The van der Waals surface area contributed by atoms with Crippen LogP contribution in [0.4, 0.5) is 18.9 Å². The number of halogens is 3. The summed E-state index contributed by atoms with van der Waals surface area (Å²) >= 11 is 0. The molecule has 0 saturated carbocycles. The SMILES string of the molecule is Cc1ccc(C(O)Nc2ccc(CN3CCCN(C)CC3)c(C(F)(F)F)c2)cc1C#Cc1ccc(-c2ccccn2)nc1. The highest BCUT2D eigenvalue weighted by atomic mass is 19.4. The van der Waals surface area contributed by atoms with Crippen LogP contribution in [0, 0.1) is 18.8 Å². The van der Waals surface area contributed by atoms with E-state index in [1.165, 1.54) is 6.07 Å². The summed E-state index contributed by atoms with van der Waals surface area (Å²) in [6, 6.07) is 18.8. The molecule has 1 saturated heterocycles. The number of aromatic nitrogens is 2. The van der Waals surface area contributed by atoms with Gasteiger partial charge in [0, 0.05) is 54.4 Å². The minimum Gasteiger partial charge on any atom is -0.369 e. The van der Waals surface area contributed by atoms with Crippen molar-refractivity contribution in [3.8, 4) is 23.2 Å². The number of hydrogen-bond donors (Lipinski definition) is 2. The molecule has 222 valence electrons. The van der Waals surface area contributed by atoms with E-state index in [1.54, 1.807) is 30.6 Å². The summed E-state index contributed by atoms with van der Waals surface area (Å²) in [5, 5.41) is 13.8. The Morgan fingerprint density at radius 2 is 1.77 bits per heavy atom. The normalized spacial score (nSPS) is 15.3. The van der Waals surface area contributed by atoms with Crippen molar-refractivity contribution in [3.05, 3.63) is 113 Å². The second kappa shape index (κ2) is 13.4. The Kier molecular flexibility index (Phi) is 9.41. The smallest absolute Gasteiger partial charge is 0.369 e. The van der Waals surface area contributed by atoms with Gasteiger partial charge in [0.1, 0.15) is 0 Å². The largest absolute Gasteiger partial charge is 0.416 e. The fraction of sp³-hybridized carbons (Fsp3) is 0.294. The maximum Gasteiger partial charge on any atom is 0.416 e. The quantitative estimate of drug-likeness (QED) is 0.210. The number of anilines is 1. The molecule has 0 spiro atoms. The molecule has 4 aromatic rings. The average molecular weight is 586 g/mol. The Balaban J connectivity index is 1.30. The van der Waals surface area contributed by atoms with Gasteiger partial charge in [-0.05, 0) is 87.1 Å². The van der Waals surface area contributed by atoms with Gasteiger partial charge >= 0.3 is 6.18 Å². The summed E-state index contributed by atoms with van der Waals surface area (Å²) < 4.78 is 42.2. The van der Waals surface area contributed by atoms with Crippen LogP contribution in [-0.4, -0.2) is 58.1 Å². The highest BCUT2D eigenvalue weighted by molar-refractivity contribution is 5.56. The molecular weight excluding hydrogens is 551 g/mol. The monoisotopic (exact) mass is 585 g/mol. The zero-order chi connectivity index (χ0) is 30.4. The first kappa shape index (κ1) is 30.2. The van der Waals surface area contributed by atoms with Crippen molar-refractivity contribution in [2.45, 2.75) is 32.3 Å². The van der Waals surface area contributed by atoms with Gasteiger partial charge in [0.25, 0.3) is 0 Å². The molecule has 0 bridgehead atoms. The van der Waals surface area contributed by atoms with E-state index in [4.69, 9.17) is 0 Å². The van der Waals surface area contributed by atoms with E-state index in [0.29, 0.717) is 11.1 Å². The van der Waals surface area contributed by atoms with Gasteiger partial charge in [0.05, 0.1) is 17.0 Å². The van der Waals surface area contributed by atoms with Crippen molar-refractivity contribution in [2.75, 3.05) is 38.5 Å². The van der Waals surface area contributed by atoms with E-state index < -0.39 is 18.0 Å². The van der Waals surface area contributed by atoms with E-state index in [9.17, 15) is 18.3 Å². The third-order valence-corrected chi connectivity index (χ3v) is 7.53. The lowest BCUT2D eigenvalue weighted by Crippen LogP contribution is -2.29. The van der Waals surface area contributed by atoms with Gasteiger partial charge in [-0.25, -0.2) is 0 Å². The predicted molar refractivity (Wildman–Crippen MR) is 162 cm³/mol. The summed E-state index contributed by atoms with van der Waals surface area (Å²) in [6.07, 6.45) is -1.43. The number of likely N-dealkylation sites (N-methyl/N-ethyl adjacent to an activating group) is 1. The van der Waals surface area contributed by atoms with E-state index in [2.05, 4.69) is 36.9 Å². The van der Waals surface area contributed by atoms with Crippen molar-refractivity contribution < 1.29 is 18.3 Å². The van der Waals surface area contributed by atoms with Gasteiger partial charge in [-0.2, -0.15) is 13.2 Å². The Morgan fingerprint density at radius 3 is 2.51 bits per heavy atom. The van der Waals surface area contributed by atoms with Crippen LogP contribution in [0.5, 0.6) is 0 Å². The van der Waals surface area contributed by atoms with Crippen LogP contribution < -0.4 is 5.32 Å². The third kappa shape index (κ3) is 7.99. The van der Waals surface area contributed by atoms with Crippen molar-refractivity contribution in [1.29, 1.82) is 0 Å². The first-order valence-electron chi connectivity index (χ1n) is 14.2. The predicted octanol–water partition coefficient (Wildman–Crippen LogP) is 6.11. The Hall–Kier alpha value is -4.23. The first-order valence-corrected chi connectivity index (χ1v) is 14.2. The summed E-state index contributed by atoms with van der Waals surface area (Å²) in [5.41, 5.74) is 4.05. The number of pyridine rings is 2. The molecule has 1 unspecified atom stereocenters. The van der Waals surface area contributed by atoms with Crippen molar-refractivity contribution in [3.63, 3.8) is 0 Å². The standard InChI is InChI=1S/C34H34F3N5O/c1-24-7-10-27(20-26(24)11-8-25-9-14-32(39-22-25)31-6-3-4-15-38-31)33(43)40-29-13-12-28(30(21-29)34(35,36)37)23-42-17-5-16-41(2)18-19-42/h3-4,6-7,9-10,12-15,20-22,33,40,43H,5,16-19,23H2,1-2H3. The zero-order valence-electron chi connectivity index (χ0n) is 24.2. The lowest BCUT2D eigenvalue weighted by atomic mass is 10.0. The first-order chi connectivity index (χ1) is 20.7. The fourth-order valence-corrected chi connectivity index (χ4v) is 5.03. The van der Waals surface area contributed by atoms with Gasteiger partial charge in [-0.1, -0.05) is 36.1 Å². The van der Waals surface area contributed by atoms with Crippen LogP contribution in [0.25, 0.3) is 11.4 Å². The molecule has 1 fully saturated rings. The topological polar surface area (TPSA) is 64.5 Å². The number of nitrogens with one attached hydrogen (secondary N) is 1. The summed E-state index contributed by atoms with van der Waals surface area (Å²) in [7, 11) is 2.03. The summed E-state index contributed by atoms with van der Waals surface area (Å²) in [6.45, 7) is 5.38. The Morgan fingerprint density at radius 1 is 0.930 bits per heavy atom. The van der Waals surface area contributed by atoms with Gasteiger partial charge in [-0.3, -0.25) is 14.9 Å². The molecule has 2 aromatic heterocycles. The summed E-state index contributed by atoms with van der Waals surface area (Å²) in [4.78, 5) is 13.0. The number of rotatable bonds is 6. The van der Waals surface area contributed by atoms with Crippen LogP contribution in [0.3, 0.4) is 0 Å². The van der Waals surface area contributed by atoms with Crippen LogP contribution in [0.15, 0.2) is 79.1 Å². The van der Waals surface area contributed by atoms with Crippen LogP contribution in [-0.2, 0) is 12.7 Å². The van der Waals surface area contributed by atoms with Crippen molar-refractivity contribution in [1.82, 2.24) is 19.8 Å². The molecule has 2 N–H and O–H groups in total. The van der Waals surface area contributed by atoms with Crippen LogP contribution in [0.2, 0.25) is 0 Å². The number of nitrogens with zero attached hydrogens (tertiary/aromatic N) is 4. The number of aryl methyl sites for hydroxylation is 1. The molecule has 0 radical (unpaired) electrons. The van der Waals surface area contributed by atoms with Crippen molar-refractivity contribution >= 4 is 5.69 Å². The minimum absolute atomic E-state index is 0.187. The van der Waals surface area contributed by atoms with Gasteiger partial charge in [-0.15, -0.1) is 0 Å². The van der Waals surface area contributed by atoms with Crippen molar-refractivity contribution in [2.24, 2.45) is 0 Å². The van der Waals surface area contributed by atoms with E-state index in [0.717, 1.165) is 61.2 Å². The van der Waals surface area contributed by atoms with Crippen LogP contribution >= 0.6 is 0 Å². The molecule has 0 aliphatic carbocycles. The van der Waals surface area contributed by atoms with E-state index in [-0.39, 0.29) is 17.8 Å². The number of benzene rings is 2. The molecule has 0 amide bonds. The molecule has 9 heteroatoms. The molecule has 43 heavy (non-hydrogen) atoms. The maximum atomic E-state index is 14.1. The maximum absolute atomic E-state index is 14.1. The number of alkyl halides is 3. The average Bonchev–Trinajstić information content (AvgIpc) is 3.21. The lowest BCUT2D eigenvalue weighted by Gasteiger charge is -2.23. The molecular formula is C34H34F3N5O. The second-order valence-corrected chi connectivity index (χ2v) is 10.8. The molecule has 1 aliphatic rings. The Bertz CT molecular complexity index is 1600. The van der Waals surface area contributed by atoms with Gasteiger partial charge < -0.3 is 15.3 Å². The molecule has 6 nitrogen and oxygen atoms in total. The molecule has 5 rings (SSSR count).